The van der Waals surface area contributed by atoms with Gasteiger partial charge >= 0.3 is 0 Å². The molecule has 4 rings (SSSR count). The highest BCUT2D eigenvalue weighted by Gasteiger charge is 2.31. The van der Waals surface area contributed by atoms with Gasteiger partial charge in [-0.2, -0.15) is 0 Å². The van der Waals surface area contributed by atoms with Crippen molar-refractivity contribution in [1.82, 2.24) is 4.90 Å². The van der Waals surface area contributed by atoms with Crippen LogP contribution in [0, 0.1) is 0 Å². The zero-order valence-corrected chi connectivity index (χ0v) is 20.6. The summed E-state index contributed by atoms with van der Waals surface area (Å²) in [7, 11) is 1.64. The van der Waals surface area contributed by atoms with E-state index in [2.05, 4.69) is 6.58 Å². The molecular weight excluding hydrogens is 458 g/mol. The quantitative estimate of drug-likeness (QED) is 0.297. The monoisotopic (exact) mass is 490 g/mol. The molecule has 1 heterocycles. The van der Waals surface area contributed by atoms with Gasteiger partial charge in [0.1, 0.15) is 30.8 Å². The first-order valence-electron chi connectivity index (χ1n) is 12.1. The Labute approximate surface area is 211 Å². The molecule has 0 saturated carbocycles. The van der Waals surface area contributed by atoms with Crippen LogP contribution in [0.15, 0.2) is 73.3 Å². The van der Waals surface area contributed by atoms with Gasteiger partial charge in [-0.25, -0.2) is 0 Å². The largest absolute Gasteiger partial charge is 0.530 e. The number of hydrogen-bond donors (Lipinski definition) is 0. The van der Waals surface area contributed by atoms with Crippen molar-refractivity contribution in [3.8, 4) is 11.5 Å². The van der Waals surface area contributed by atoms with Crippen molar-refractivity contribution in [2.24, 2.45) is 0 Å². The molecule has 0 aromatic heterocycles. The van der Waals surface area contributed by atoms with Gasteiger partial charge in [0.05, 0.1) is 19.3 Å². The molecule has 36 heavy (non-hydrogen) atoms. The molecule has 0 radical (unpaired) electrons. The lowest BCUT2D eigenvalue weighted by molar-refractivity contribution is -0.268. The minimum atomic E-state index is -1.18. The van der Waals surface area contributed by atoms with Crippen molar-refractivity contribution in [3.63, 3.8) is 0 Å². The van der Waals surface area contributed by atoms with Gasteiger partial charge in [-0.1, -0.05) is 61.2 Å². The number of carbonyl (C=O) groups excluding carboxylic acids is 1. The van der Waals surface area contributed by atoms with Crippen LogP contribution in [0.25, 0.3) is 10.8 Å². The molecule has 0 N–H and O–H groups in total. The smallest absolute Gasteiger partial charge is 0.137 e. The van der Waals surface area contributed by atoms with E-state index >= 15 is 0 Å². The number of carbonyl (C=O) groups is 1. The summed E-state index contributed by atoms with van der Waals surface area (Å²) in [6.07, 6.45) is 0.827. The Morgan fingerprint density at radius 2 is 1.89 bits per heavy atom. The Kier molecular flexibility index (Phi) is 8.81. The predicted octanol–water partition coefficient (Wildman–Crippen LogP) is 4.15. The zero-order chi connectivity index (χ0) is 25.3. The number of benzene rings is 3. The zero-order valence-electron chi connectivity index (χ0n) is 20.6. The Morgan fingerprint density at radius 1 is 1.08 bits per heavy atom. The third-order valence-corrected chi connectivity index (χ3v) is 6.44. The second-order valence-corrected chi connectivity index (χ2v) is 8.74. The van der Waals surface area contributed by atoms with E-state index in [0.29, 0.717) is 32.8 Å². The number of methoxy groups -OCH3 is 1. The van der Waals surface area contributed by atoms with E-state index in [-0.39, 0.29) is 25.2 Å². The van der Waals surface area contributed by atoms with Crippen molar-refractivity contribution < 1.29 is 28.8 Å². The number of hydrogen-bond acceptors (Lipinski definition) is 6. The highest BCUT2D eigenvalue weighted by molar-refractivity contribution is 5.89. The van der Waals surface area contributed by atoms with Gasteiger partial charge in [-0.05, 0) is 29.5 Å². The summed E-state index contributed by atoms with van der Waals surface area (Å²) in [6.45, 7) is 5.94. The third-order valence-electron chi connectivity index (χ3n) is 6.44. The Hall–Kier alpha value is -3.55. The van der Waals surface area contributed by atoms with Crippen molar-refractivity contribution >= 4 is 16.9 Å². The van der Waals surface area contributed by atoms with E-state index in [1.807, 2.05) is 60.7 Å². The standard InChI is InChI=1S/C29H33NO6/c1-3-16-34-24-12-10-22(11-13-24)25-14-15-30(29(31)32)19-27(25)36-20-23-9-8-21-6-4-5-7-26(21)28(23)35-18-17-33-2/h3-13,25,27H,1,14-20H2,2H3,(H,31,32)/p-1. The van der Waals surface area contributed by atoms with Crippen molar-refractivity contribution in [1.29, 1.82) is 0 Å². The fourth-order valence-corrected chi connectivity index (χ4v) is 4.60. The van der Waals surface area contributed by atoms with Crippen LogP contribution in [-0.2, 0) is 16.1 Å². The Bertz CT molecular complexity index is 1160. The molecule has 7 nitrogen and oxygen atoms in total. The van der Waals surface area contributed by atoms with Crippen LogP contribution in [-0.4, -0.2) is 57.1 Å². The van der Waals surface area contributed by atoms with E-state index in [1.54, 1.807) is 13.2 Å². The Morgan fingerprint density at radius 3 is 2.64 bits per heavy atom. The molecule has 2 atom stereocenters. The van der Waals surface area contributed by atoms with Crippen LogP contribution in [0.2, 0.25) is 0 Å². The summed E-state index contributed by atoms with van der Waals surface area (Å²) in [5.41, 5.74) is 1.99. The molecule has 1 aliphatic rings. The molecule has 2 unspecified atom stereocenters. The van der Waals surface area contributed by atoms with Crippen LogP contribution < -0.4 is 14.6 Å². The van der Waals surface area contributed by atoms with Crippen LogP contribution in [0.3, 0.4) is 0 Å². The summed E-state index contributed by atoms with van der Waals surface area (Å²) in [6, 6.07) is 20.0. The second kappa shape index (κ2) is 12.4. The summed E-state index contributed by atoms with van der Waals surface area (Å²) in [5, 5.41) is 13.7. The first-order valence-corrected chi connectivity index (χ1v) is 12.1. The van der Waals surface area contributed by atoms with Gasteiger partial charge in [0.15, 0.2) is 0 Å². The maximum absolute atomic E-state index is 11.6. The lowest BCUT2D eigenvalue weighted by atomic mass is 9.87. The van der Waals surface area contributed by atoms with Crippen LogP contribution >= 0.6 is 0 Å². The van der Waals surface area contributed by atoms with Crippen LogP contribution in [0.1, 0.15) is 23.5 Å². The first-order chi connectivity index (χ1) is 17.6. The molecule has 190 valence electrons. The number of piperidine rings is 1. The fraction of sp³-hybridized carbons (Fsp3) is 0.345. The highest BCUT2D eigenvalue weighted by atomic mass is 16.5. The molecule has 1 fully saturated rings. The molecule has 0 aliphatic carbocycles. The number of carboxylic acid groups (broad SMARTS) is 1. The lowest BCUT2D eigenvalue weighted by Gasteiger charge is -2.40. The van der Waals surface area contributed by atoms with Crippen LogP contribution in [0.4, 0.5) is 4.79 Å². The van der Waals surface area contributed by atoms with E-state index in [9.17, 15) is 9.90 Å². The van der Waals surface area contributed by atoms with E-state index < -0.39 is 6.09 Å². The fourth-order valence-electron chi connectivity index (χ4n) is 4.60. The number of nitrogens with zero attached hydrogens (tertiary/aromatic N) is 1. The number of amides is 1. The first kappa shape index (κ1) is 25.5. The van der Waals surface area contributed by atoms with Gasteiger partial charge in [-0.3, -0.25) is 0 Å². The normalized spacial score (nSPS) is 17.6. The Balaban J connectivity index is 1.55. The lowest BCUT2D eigenvalue weighted by Crippen LogP contribution is -2.51. The van der Waals surface area contributed by atoms with Crippen LogP contribution in [0.5, 0.6) is 11.5 Å². The second-order valence-electron chi connectivity index (χ2n) is 8.74. The number of ether oxygens (including phenoxy) is 4. The number of rotatable bonds is 11. The molecule has 1 amide bonds. The molecule has 7 heteroatoms. The van der Waals surface area contributed by atoms with Gasteiger partial charge in [0.2, 0.25) is 0 Å². The maximum atomic E-state index is 11.6. The summed E-state index contributed by atoms with van der Waals surface area (Å²) >= 11 is 0. The third kappa shape index (κ3) is 6.17. The summed E-state index contributed by atoms with van der Waals surface area (Å²) in [4.78, 5) is 12.9. The minimum absolute atomic E-state index is 0.0346. The van der Waals surface area contributed by atoms with Crippen molar-refractivity contribution in [2.75, 3.05) is 40.0 Å². The average molecular weight is 491 g/mol. The summed E-state index contributed by atoms with van der Waals surface area (Å²) < 4.78 is 23.3. The SMILES string of the molecule is C=CCOc1ccc(C2CCN(C(=O)[O-])CC2OCc2ccc3ccccc3c2OCCOC)cc1. The highest BCUT2D eigenvalue weighted by Crippen LogP contribution is 2.35. The van der Waals surface area contributed by atoms with E-state index in [1.165, 1.54) is 4.90 Å². The number of fused-ring (bicyclic) bond motifs is 1. The molecule has 0 spiro atoms. The van der Waals surface area contributed by atoms with E-state index in [0.717, 1.165) is 33.4 Å². The molecule has 3 aromatic carbocycles. The molecule has 0 bridgehead atoms. The molecule has 1 saturated heterocycles. The van der Waals surface area contributed by atoms with E-state index in [4.69, 9.17) is 18.9 Å². The average Bonchev–Trinajstić information content (AvgIpc) is 2.91. The van der Waals surface area contributed by atoms with Gasteiger partial charge in [0.25, 0.3) is 0 Å². The van der Waals surface area contributed by atoms with Gasteiger partial charge in [-0.15, -0.1) is 0 Å². The molecular formula is C29H32NO6-. The van der Waals surface area contributed by atoms with Gasteiger partial charge < -0.3 is 33.7 Å². The molecule has 3 aromatic rings. The predicted molar refractivity (Wildman–Crippen MR) is 136 cm³/mol. The molecule has 1 aliphatic heterocycles. The summed E-state index contributed by atoms with van der Waals surface area (Å²) in [5.74, 6) is 1.56. The maximum Gasteiger partial charge on any atom is 0.137 e. The van der Waals surface area contributed by atoms with Crippen molar-refractivity contribution in [3.05, 3.63) is 84.4 Å². The van der Waals surface area contributed by atoms with Gasteiger partial charge in [0, 0.05) is 37.1 Å². The van der Waals surface area contributed by atoms with Crippen molar-refractivity contribution in [2.45, 2.75) is 25.0 Å². The topological polar surface area (TPSA) is 80.3 Å². The number of likely N-dealkylation sites (tertiary alicyclic amines) is 1. The minimum Gasteiger partial charge on any atom is -0.530 e.